The van der Waals surface area contributed by atoms with Crippen molar-refractivity contribution in [1.82, 2.24) is 14.8 Å². The third kappa shape index (κ3) is 2.40. The van der Waals surface area contributed by atoms with Gasteiger partial charge in [0, 0.05) is 24.2 Å². The first-order valence-corrected chi connectivity index (χ1v) is 8.47. The highest BCUT2D eigenvalue weighted by atomic mass is 16.1. The summed E-state index contributed by atoms with van der Waals surface area (Å²) in [5.74, 6) is 1.31. The lowest BCUT2D eigenvalue weighted by atomic mass is 9.87. The zero-order valence-electron chi connectivity index (χ0n) is 14.3. The van der Waals surface area contributed by atoms with Crippen LogP contribution in [-0.2, 0) is 19.9 Å². The van der Waals surface area contributed by atoms with Crippen LogP contribution in [0.3, 0.4) is 0 Å². The molecule has 0 bridgehead atoms. The molecule has 0 fully saturated rings. The van der Waals surface area contributed by atoms with Gasteiger partial charge in [0.1, 0.15) is 5.82 Å². The molecule has 2 heterocycles. The molecular weight excluding hydrogens is 300 g/mol. The van der Waals surface area contributed by atoms with Crippen molar-refractivity contribution in [2.45, 2.75) is 33.1 Å². The number of aryl methyl sites for hydroxylation is 3. The first-order valence-electron chi connectivity index (χ1n) is 8.47. The molecule has 0 saturated heterocycles. The van der Waals surface area contributed by atoms with E-state index in [2.05, 4.69) is 28.4 Å². The van der Waals surface area contributed by atoms with Crippen molar-refractivity contribution >= 4 is 22.6 Å². The lowest BCUT2D eigenvalue weighted by Crippen LogP contribution is -2.15. The summed E-state index contributed by atoms with van der Waals surface area (Å²) in [6, 6.07) is 7.85. The average molecular weight is 322 g/mol. The van der Waals surface area contributed by atoms with Gasteiger partial charge in [0.2, 0.25) is 0 Å². The van der Waals surface area contributed by atoms with Crippen LogP contribution in [0.2, 0.25) is 0 Å². The summed E-state index contributed by atoms with van der Waals surface area (Å²) in [6.45, 7) is 4.21. The highest BCUT2D eigenvalue weighted by molar-refractivity contribution is 6.12. The molecule has 0 radical (unpaired) electrons. The zero-order chi connectivity index (χ0) is 16.8. The SMILES string of the molecule is Cc1cc(NC(=O)c2cccc3c4c([nH]c23)CCC(C)C4)n(C)n1. The largest absolute Gasteiger partial charge is 0.358 e. The molecule has 1 unspecified atom stereocenters. The van der Waals surface area contributed by atoms with E-state index < -0.39 is 0 Å². The molecule has 124 valence electrons. The second-order valence-electron chi connectivity index (χ2n) is 6.91. The number of carbonyl (C=O) groups is 1. The number of nitrogens with one attached hydrogen (secondary N) is 2. The predicted molar refractivity (Wildman–Crippen MR) is 95.4 cm³/mol. The first kappa shape index (κ1) is 15.0. The van der Waals surface area contributed by atoms with Crippen molar-refractivity contribution in [3.63, 3.8) is 0 Å². The van der Waals surface area contributed by atoms with Gasteiger partial charge in [-0.25, -0.2) is 0 Å². The van der Waals surface area contributed by atoms with Gasteiger partial charge in [-0.2, -0.15) is 5.10 Å². The minimum atomic E-state index is -0.102. The number of hydrogen-bond donors (Lipinski definition) is 2. The van der Waals surface area contributed by atoms with Crippen LogP contribution < -0.4 is 5.32 Å². The fraction of sp³-hybridized carbons (Fsp3) is 0.368. The van der Waals surface area contributed by atoms with Crippen LogP contribution in [0.4, 0.5) is 5.82 Å². The third-order valence-electron chi connectivity index (χ3n) is 4.96. The Hall–Kier alpha value is -2.56. The number of rotatable bonds is 2. The smallest absolute Gasteiger partial charge is 0.258 e. The van der Waals surface area contributed by atoms with Crippen molar-refractivity contribution in [2.75, 3.05) is 5.32 Å². The van der Waals surface area contributed by atoms with E-state index in [1.165, 1.54) is 23.1 Å². The highest BCUT2D eigenvalue weighted by Gasteiger charge is 2.22. The Morgan fingerprint density at radius 1 is 1.42 bits per heavy atom. The molecule has 1 amide bonds. The number of anilines is 1. The molecule has 0 aliphatic heterocycles. The lowest BCUT2D eigenvalue weighted by molar-refractivity contribution is 0.102. The normalized spacial score (nSPS) is 17.0. The minimum Gasteiger partial charge on any atom is -0.358 e. The van der Waals surface area contributed by atoms with E-state index in [0.717, 1.165) is 24.1 Å². The quantitative estimate of drug-likeness (QED) is 0.757. The van der Waals surface area contributed by atoms with Gasteiger partial charge in [0.25, 0.3) is 5.91 Å². The van der Waals surface area contributed by atoms with Crippen molar-refractivity contribution in [3.05, 3.63) is 46.8 Å². The summed E-state index contributed by atoms with van der Waals surface area (Å²) in [5, 5.41) is 8.43. The Morgan fingerprint density at radius 2 is 2.25 bits per heavy atom. The van der Waals surface area contributed by atoms with Crippen LogP contribution in [-0.4, -0.2) is 20.7 Å². The van der Waals surface area contributed by atoms with Gasteiger partial charge in [-0.05, 0) is 43.7 Å². The fourth-order valence-electron chi connectivity index (χ4n) is 3.72. The number of aromatic amines is 1. The molecule has 1 atom stereocenters. The molecule has 1 aliphatic carbocycles. The molecule has 2 aromatic heterocycles. The second kappa shape index (κ2) is 5.51. The number of para-hydroxylation sites is 1. The maximum atomic E-state index is 12.8. The van der Waals surface area contributed by atoms with Crippen molar-refractivity contribution in [3.8, 4) is 0 Å². The summed E-state index contributed by atoms with van der Waals surface area (Å²) < 4.78 is 1.69. The molecule has 0 saturated carbocycles. The molecule has 1 aromatic carbocycles. The highest BCUT2D eigenvalue weighted by Crippen LogP contribution is 2.33. The van der Waals surface area contributed by atoms with Crippen molar-refractivity contribution < 1.29 is 4.79 Å². The monoisotopic (exact) mass is 322 g/mol. The van der Waals surface area contributed by atoms with E-state index in [4.69, 9.17) is 0 Å². The molecule has 0 spiro atoms. The molecule has 3 aromatic rings. The molecule has 5 heteroatoms. The van der Waals surface area contributed by atoms with Gasteiger partial charge >= 0.3 is 0 Å². The molecule has 2 N–H and O–H groups in total. The number of benzene rings is 1. The number of carbonyl (C=O) groups excluding carboxylic acids is 1. The number of fused-ring (bicyclic) bond motifs is 3. The van der Waals surface area contributed by atoms with Gasteiger partial charge in [-0.3, -0.25) is 9.48 Å². The first-order chi connectivity index (χ1) is 11.5. The number of hydrogen-bond acceptors (Lipinski definition) is 2. The van der Waals surface area contributed by atoms with Crippen LogP contribution in [0.15, 0.2) is 24.3 Å². The van der Waals surface area contributed by atoms with Gasteiger partial charge in [0.05, 0.1) is 16.8 Å². The number of nitrogens with zero attached hydrogens (tertiary/aromatic N) is 2. The lowest BCUT2D eigenvalue weighted by Gasteiger charge is -2.17. The topological polar surface area (TPSA) is 62.7 Å². The van der Waals surface area contributed by atoms with Crippen molar-refractivity contribution in [2.24, 2.45) is 13.0 Å². The van der Waals surface area contributed by atoms with E-state index in [0.29, 0.717) is 17.3 Å². The summed E-state index contributed by atoms with van der Waals surface area (Å²) in [4.78, 5) is 16.3. The van der Waals surface area contributed by atoms with E-state index in [-0.39, 0.29) is 5.91 Å². The van der Waals surface area contributed by atoms with Gasteiger partial charge in [-0.1, -0.05) is 19.1 Å². The van der Waals surface area contributed by atoms with Crippen LogP contribution in [0.5, 0.6) is 0 Å². The number of aromatic nitrogens is 3. The number of amides is 1. The van der Waals surface area contributed by atoms with Gasteiger partial charge in [-0.15, -0.1) is 0 Å². The predicted octanol–water partition coefficient (Wildman–Crippen LogP) is 3.59. The molecular formula is C19H22N4O. The standard InChI is InChI=1S/C19H22N4O/c1-11-7-8-16-15(9-11)13-5-4-6-14(18(13)20-16)19(24)21-17-10-12(2)22-23(17)3/h4-6,10-11,20H,7-9H2,1-3H3,(H,21,24). The average Bonchev–Trinajstić information content (AvgIpc) is 3.06. The zero-order valence-corrected chi connectivity index (χ0v) is 14.3. The maximum Gasteiger partial charge on any atom is 0.258 e. The summed E-state index contributed by atoms with van der Waals surface area (Å²) in [5.41, 5.74) is 5.20. The third-order valence-corrected chi connectivity index (χ3v) is 4.96. The molecule has 24 heavy (non-hydrogen) atoms. The Kier molecular flexibility index (Phi) is 3.44. The van der Waals surface area contributed by atoms with E-state index in [9.17, 15) is 4.79 Å². The Balaban J connectivity index is 1.74. The Bertz CT molecular complexity index is 934. The van der Waals surface area contributed by atoms with Gasteiger partial charge < -0.3 is 10.3 Å². The Morgan fingerprint density at radius 3 is 3.00 bits per heavy atom. The maximum absolute atomic E-state index is 12.8. The minimum absolute atomic E-state index is 0.102. The van der Waals surface area contributed by atoms with Crippen molar-refractivity contribution in [1.29, 1.82) is 0 Å². The second-order valence-corrected chi connectivity index (χ2v) is 6.91. The van der Waals surface area contributed by atoms with E-state index in [1.807, 2.05) is 32.2 Å². The fourth-order valence-corrected chi connectivity index (χ4v) is 3.72. The summed E-state index contributed by atoms with van der Waals surface area (Å²) in [7, 11) is 1.83. The van der Waals surface area contributed by atoms with Crippen LogP contribution in [0, 0.1) is 12.8 Å². The summed E-state index contributed by atoms with van der Waals surface area (Å²) in [6.07, 6.45) is 3.35. The van der Waals surface area contributed by atoms with E-state index in [1.54, 1.807) is 4.68 Å². The summed E-state index contributed by atoms with van der Waals surface area (Å²) >= 11 is 0. The molecule has 1 aliphatic rings. The van der Waals surface area contributed by atoms with Crippen LogP contribution in [0.1, 0.15) is 40.7 Å². The van der Waals surface area contributed by atoms with Gasteiger partial charge in [0.15, 0.2) is 0 Å². The van der Waals surface area contributed by atoms with E-state index >= 15 is 0 Å². The Labute approximate surface area is 141 Å². The number of H-pyrrole nitrogens is 1. The van der Waals surface area contributed by atoms with Crippen LogP contribution in [0.25, 0.3) is 10.9 Å². The van der Waals surface area contributed by atoms with Crippen LogP contribution >= 0.6 is 0 Å². The molecule has 4 rings (SSSR count). The molecule has 5 nitrogen and oxygen atoms in total.